The van der Waals surface area contributed by atoms with E-state index in [0.29, 0.717) is 6.42 Å². The van der Waals surface area contributed by atoms with Crippen molar-refractivity contribution in [1.82, 2.24) is 4.98 Å². The molecule has 0 fully saturated rings. The molecule has 76 valence electrons. The number of azide groups is 1. The normalized spacial score (nSPS) is 8.67. The molecule has 1 aromatic rings. The van der Waals surface area contributed by atoms with Crippen LogP contribution in [0.1, 0.15) is 12.0 Å². The first-order valence-electron chi connectivity index (χ1n) is 4.05. The van der Waals surface area contributed by atoms with Gasteiger partial charge in [0.2, 0.25) is 11.9 Å². The van der Waals surface area contributed by atoms with E-state index >= 15 is 0 Å². The summed E-state index contributed by atoms with van der Waals surface area (Å²) in [5, 5.41) is 3.26. The van der Waals surface area contributed by atoms with Crippen LogP contribution in [0.5, 0.6) is 0 Å². The Balaban J connectivity index is 2.67. The predicted octanol–water partition coefficient (Wildman–Crippen LogP) is 2.41. The van der Waals surface area contributed by atoms with Crippen molar-refractivity contribution in [1.29, 1.82) is 0 Å². The quantitative estimate of drug-likeness (QED) is 0.184. The molecule has 15 heavy (non-hydrogen) atoms. The van der Waals surface area contributed by atoms with Crippen LogP contribution in [0.15, 0.2) is 17.2 Å². The van der Waals surface area contributed by atoms with Crippen molar-refractivity contribution in [2.45, 2.75) is 6.42 Å². The lowest BCUT2D eigenvalue weighted by atomic mass is 10.2. The molecule has 0 saturated heterocycles. The molecule has 0 N–H and O–H groups in total. The zero-order valence-electron chi connectivity index (χ0n) is 7.61. The summed E-state index contributed by atoms with van der Waals surface area (Å²) in [6.07, 6.45) is 0.343. The molecule has 0 spiro atoms. The summed E-state index contributed by atoms with van der Waals surface area (Å²) in [6, 6.07) is 2.06. The maximum absolute atomic E-state index is 12.6. The molecule has 0 amide bonds. The summed E-state index contributed by atoms with van der Waals surface area (Å²) in [5.41, 5.74) is 8.17. The molecular formula is C9H6F2N4. The second-order valence-corrected chi connectivity index (χ2v) is 2.51. The first-order chi connectivity index (χ1) is 7.22. The first-order valence-corrected chi connectivity index (χ1v) is 4.05. The highest BCUT2D eigenvalue weighted by molar-refractivity contribution is 5.32. The molecule has 0 unspecified atom stereocenters. The minimum absolute atomic E-state index is 0.209. The van der Waals surface area contributed by atoms with Crippen molar-refractivity contribution in [3.63, 3.8) is 0 Å². The van der Waals surface area contributed by atoms with E-state index in [1.165, 1.54) is 0 Å². The lowest BCUT2D eigenvalue weighted by molar-refractivity contribution is 0.512. The molecule has 1 heterocycles. The summed E-state index contributed by atoms with van der Waals surface area (Å²) >= 11 is 0. The molecule has 1 rings (SSSR count). The van der Waals surface area contributed by atoms with Gasteiger partial charge >= 0.3 is 0 Å². The van der Waals surface area contributed by atoms with Gasteiger partial charge < -0.3 is 0 Å². The number of pyridine rings is 1. The van der Waals surface area contributed by atoms with Gasteiger partial charge in [0.05, 0.1) is 0 Å². The minimum atomic E-state index is -0.908. The maximum Gasteiger partial charge on any atom is 0.216 e. The Labute approximate surface area is 84.6 Å². The lowest BCUT2D eigenvalue weighted by Crippen LogP contribution is -1.89. The smallest absolute Gasteiger partial charge is 0.191 e. The molecule has 1 aromatic heterocycles. The number of hydrogen-bond acceptors (Lipinski definition) is 2. The number of nitrogens with zero attached hydrogens (tertiary/aromatic N) is 4. The fourth-order valence-electron chi connectivity index (χ4n) is 0.852. The van der Waals surface area contributed by atoms with Crippen molar-refractivity contribution >= 4 is 0 Å². The van der Waals surface area contributed by atoms with E-state index in [9.17, 15) is 8.78 Å². The highest BCUT2D eigenvalue weighted by Gasteiger charge is 1.98. The van der Waals surface area contributed by atoms with E-state index in [-0.39, 0.29) is 12.1 Å². The molecule has 0 aromatic carbocycles. The fourth-order valence-corrected chi connectivity index (χ4v) is 0.852. The van der Waals surface area contributed by atoms with Crippen LogP contribution >= 0.6 is 0 Å². The summed E-state index contributed by atoms with van der Waals surface area (Å²) in [5.74, 6) is 3.33. The van der Waals surface area contributed by atoms with Crippen LogP contribution in [-0.4, -0.2) is 11.5 Å². The lowest BCUT2D eigenvalue weighted by Gasteiger charge is -1.91. The van der Waals surface area contributed by atoms with Crippen molar-refractivity contribution in [2.24, 2.45) is 5.11 Å². The van der Waals surface area contributed by atoms with Crippen LogP contribution in [0.25, 0.3) is 10.4 Å². The van der Waals surface area contributed by atoms with E-state index < -0.39 is 11.9 Å². The minimum Gasteiger partial charge on any atom is -0.191 e. The Kier molecular flexibility index (Phi) is 4.07. The second kappa shape index (κ2) is 5.58. The van der Waals surface area contributed by atoms with Crippen LogP contribution in [0.4, 0.5) is 8.78 Å². The molecule has 0 saturated carbocycles. The molecule has 6 heteroatoms. The van der Waals surface area contributed by atoms with Crippen molar-refractivity contribution in [3.05, 3.63) is 40.0 Å². The number of hydrogen-bond donors (Lipinski definition) is 0. The molecule has 0 aliphatic heterocycles. The molecular weight excluding hydrogens is 202 g/mol. The van der Waals surface area contributed by atoms with Crippen LogP contribution < -0.4 is 0 Å². The van der Waals surface area contributed by atoms with Gasteiger partial charge in [-0.2, -0.15) is 13.8 Å². The zero-order chi connectivity index (χ0) is 11.1. The van der Waals surface area contributed by atoms with E-state index in [4.69, 9.17) is 5.53 Å². The van der Waals surface area contributed by atoms with E-state index in [0.717, 1.165) is 12.1 Å². The summed E-state index contributed by atoms with van der Waals surface area (Å²) in [4.78, 5) is 5.46. The van der Waals surface area contributed by atoms with E-state index in [1.807, 2.05) is 0 Å². The highest BCUT2D eigenvalue weighted by atomic mass is 19.1. The molecule has 4 nitrogen and oxygen atoms in total. The molecule has 0 atom stereocenters. The third kappa shape index (κ3) is 4.07. The first kappa shape index (κ1) is 11.0. The van der Waals surface area contributed by atoms with Gasteiger partial charge in [-0.15, -0.1) is 0 Å². The predicted molar refractivity (Wildman–Crippen MR) is 49.7 cm³/mol. The third-order valence-corrected chi connectivity index (χ3v) is 1.40. The Hall–Kier alpha value is -2.12. The van der Waals surface area contributed by atoms with Crippen molar-refractivity contribution < 1.29 is 8.78 Å². The number of aromatic nitrogens is 1. The molecule has 0 radical (unpaired) electrons. The average Bonchev–Trinajstić information content (AvgIpc) is 2.16. The number of halogens is 2. The summed E-state index contributed by atoms with van der Waals surface area (Å²) in [7, 11) is 0. The Morgan fingerprint density at radius 1 is 1.40 bits per heavy atom. The third-order valence-electron chi connectivity index (χ3n) is 1.40. The largest absolute Gasteiger partial charge is 0.216 e. The van der Waals surface area contributed by atoms with Crippen LogP contribution in [0, 0.1) is 23.7 Å². The fraction of sp³-hybridized carbons (Fsp3) is 0.222. The van der Waals surface area contributed by atoms with Gasteiger partial charge in [-0.1, -0.05) is 17.0 Å². The van der Waals surface area contributed by atoms with Crippen LogP contribution in [-0.2, 0) is 0 Å². The summed E-state index contributed by atoms with van der Waals surface area (Å²) in [6.45, 7) is 0.236. The topological polar surface area (TPSA) is 61.7 Å². The Morgan fingerprint density at radius 3 is 2.67 bits per heavy atom. The molecule has 0 bridgehead atoms. The van der Waals surface area contributed by atoms with E-state index in [1.54, 1.807) is 0 Å². The van der Waals surface area contributed by atoms with Gasteiger partial charge in [-0.05, 0) is 5.53 Å². The van der Waals surface area contributed by atoms with Crippen molar-refractivity contribution in [3.8, 4) is 11.8 Å². The standard InChI is InChI=1S/C9H6F2N4/c10-8-5-7(6-9(11)14-8)3-1-2-4-13-15-12/h5-6H,2,4H2. The second-order valence-electron chi connectivity index (χ2n) is 2.51. The molecule has 0 aliphatic rings. The zero-order valence-corrected chi connectivity index (χ0v) is 7.61. The van der Waals surface area contributed by atoms with Gasteiger partial charge in [-0.25, -0.2) is 0 Å². The maximum atomic E-state index is 12.6. The monoisotopic (exact) mass is 208 g/mol. The number of rotatable bonds is 2. The Morgan fingerprint density at radius 2 is 2.07 bits per heavy atom. The van der Waals surface area contributed by atoms with Crippen LogP contribution in [0.2, 0.25) is 0 Å². The van der Waals surface area contributed by atoms with Gasteiger partial charge in [0.15, 0.2) is 0 Å². The van der Waals surface area contributed by atoms with Crippen molar-refractivity contribution in [2.75, 3.05) is 6.54 Å². The van der Waals surface area contributed by atoms with Gasteiger partial charge in [0, 0.05) is 35.6 Å². The molecule has 0 aliphatic carbocycles. The van der Waals surface area contributed by atoms with E-state index in [2.05, 4.69) is 26.9 Å². The van der Waals surface area contributed by atoms with Gasteiger partial charge in [0.1, 0.15) is 0 Å². The van der Waals surface area contributed by atoms with Gasteiger partial charge in [-0.3, -0.25) is 0 Å². The Bertz CT molecular complexity index is 435. The van der Waals surface area contributed by atoms with Gasteiger partial charge in [0.25, 0.3) is 0 Å². The van der Waals surface area contributed by atoms with Crippen LogP contribution in [0.3, 0.4) is 0 Å². The average molecular weight is 208 g/mol. The highest BCUT2D eigenvalue weighted by Crippen LogP contribution is 2.02. The summed E-state index contributed by atoms with van der Waals surface area (Å²) < 4.78 is 25.1. The SMILES string of the molecule is [N-]=[N+]=NCCC#Cc1cc(F)nc(F)c1.